The van der Waals surface area contributed by atoms with Crippen molar-refractivity contribution in [3.05, 3.63) is 29.8 Å². The predicted molar refractivity (Wildman–Crippen MR) is 70.7 cm³/mol. The summed E-state index contributed by atoms with van der Waals surface area (Å²) >= 11 is 0. The highest BCUT2D eigenvalue weighted by Gasteiger charge is 2.23. The molecule has 3 heteroatoms. The lowest BCUT2D eigenvalue weighted by Gasteiger charge is -2.17. The second kappa shape index (κ2) is 6.21. The zero-order chi connectivity index (χ0) is 13.0. The number of aliphatic hydroxyl groups excluding tert-OH is 1. The van der Waals surface area contributed by atoms with E-state index in [9.17, 15) is 5.11 Å². The molecule has 1 fully saturated rings. The number of hydrogen-bond acceptors (Lipinski definition) is 3. The van der Waals surface area contributed by atoms with Crippen molar-refractivity contribution < 1.29 is 14.6 Å². The van der Waals surface area contributed by atoms with Crippen LogP contribution in [0.4, 0.5) is 0 Å². The third-order valence-electron chi connectivity index (χ3n) is 3.15. The van der Waals surface area contributed by atoms with E-state index in [-0.39, 0.29) is 0 Å². The third kappa shape index (κ3) is 4.00. The van der Waals surface area contributed by atoms with Crippen molar-refractivity contribution in [2.45, 2.75) is 38.4 Å². The van der Waals surface area contributed by atoms with Crippen LogP contribution in [0.2, 0.25) is 0 Å². The summed E-state index contributed by atoms with van der Waals surface area (Å²) in [5.41, 5.74) is 0.927. The summed E-state index contributed by atoms with van der Waals surface area (Å²) < 4.78 is 10.8. The van der Waals surface area contributed by atoms with Gasteiger partial charge < -0.3 is 14.6 Å². The van der Waals surface area contributed by atoms with Crippen LogP contribution >= 0.6 is 0 Å². The topological polar surface area (TPSA) is 38.7 Å². The van der Waals surface area contributed by atoms with Gasteiger partial charge in [0, 0.05) is 13.7 Å². The Morgan fingerprint density at radius 3 is 2.83 bits per heavy atom. The highest BCUT2D eigenvalue weighted by atomic mass is 16.5. The molecule has 1 saturated carbocycles. The zero-order valence-electron chi connectivity index (χ0n) is 11.1. The standard InChI is InChI=1S/C15H22O3/c1-11(10-17-2)8-15(16)12-4-3-5-14(9-12)18-13-6-7-13/h3-5,9,11,13,15-16H,6-8,10H2,1-2H3. The van der Waals surface area contributed by atoms with E-state index in [1.807, 2.05) is 24.3 Å². The van der Waals surface area contributed by atoms with Crippen molar-refractivity contribution in [3.8, 4) is 5.75 Å². The fraction of sp³-hybridized carbons (Fsp3) is 0.600. The van der Waals surface area contributed by atoms with Crippen LogP contribution in [-0.4, -0.2) is 24.9 Å². The summed E-state index contributed by atoms with van der Waals surface area (Å²) in [5.74, 6) is 1.21. The molecule has 1 aromatic rings. The van der Waals surface area contributed by atoms with Crippen molar-refractivity contribution in [3.63, 3.8) is 0 Å². The van der Waals surface area contributed by atoms with Gasteiger partial charge in [0.25, 0.3) is 0 Å². The predicted octanol–water partition coefficient (Wildman–Crippen LogP) is 2.93. The number of ether oxygens (including phenoxy) is 2. The minimum Gasteiger partial charge on any atom is -0.490 e. The molecule has 1 N–H and O–H groups in total. The summed E-state index contributed by atoms with van der Waals surface area (Å²) in [6.07, 6.45) is 2.96. The maximum atomic E-state index is 10.2. The second-order valence-corrected chi connectivity index (χ2v) is 5.20. The van der Waals surface area contributed by atoms with E-state index in [2.05, 4.69) is 6.92 Å². The van der Waals surface area contributed by atoms with Crippen LogP contribution in [0.5, 0.6) is 5.75 Å². The van der Waals surface area contributed by atoms with Gasteiger partial charge in [0.1, 0.15) is 5.75 Å². The SMILES string of the molecule is COCC(C)CC(O)c1cccc(OC2CC2)c1. The average Bonchev–Trinajstić information content (AvgIpc) is 3.13. The maximum absolute atomic E-state index is 10.2. The van der Waals surface area contributed by atoms with Gasteiger partial charge in [-0.05, 0) is 42.9 Å². The average molecular weight is 250 g/mol. The molecule has 0 aromatic heterocycles. The number of benzene rings is 1. The molecule has 2 unspecified atom stereocenters. The Hall–Kier alpha value is -1.06. The molecule has 1 aliphatic carbocycles. The monoisotopic (exact) mass is 250 g/mol. The van der Waals surface area contributed by atoms with Crippen LogP contribution in [0.3, 0.4) is 0 Å². The van der Waals surface area contributed by atoms with Gasteiger partial charge >= 0.3 is 0 Å². The van der Waals surface area contributed by atoms with E-state index in [1.165, 1.54) is 0 Å². The fourth-order valence-electron chi connectivity index (χ4n) is 2.04. The Morgan fingerprint density at radius 2 is 2.17 bits per heavy atom. The quantitative estimate of drug-likeness (QED) is 0.808. The van der Waals surface area contributed by atoms with Crippen LogP contribution in [0.25, 0.3) is 0 Å². The molecule has 0 aliphatic heterocycles. The maximum Gasteiger partial charge on any atom is 0.120 e. The van der Waals surface area contributed by atoms with Gasteiger partial charge in [-0.25, -0.2) is 0 Å². The van der Waals surface area contributed by atoms with Crippen LogP contribution in [-0.2, 0) is 4.74 Å². The van der Waals surface area contributed by atoms with Crippen LogP contribution in [0.1, 0.15) is 37.9 Å². The molecule has 0 radical (unpaired) electrons. The summed E-state index contributed by atoms with van der Waals surface area (Å²) in [6, 6.07) is 7.79. The van der Waals surface area contributed by atoms with Gasteiger partial charge in [0.05, 0.1) is 12.2 Å². The van der Waals surface area contributed by atoms with Crippen molar-refractivity contribution in [1.82, 2.24) is 0 Å². The Morgan fingerprint density at radius 1 is 1.39 bits per heavy atom. The number of aliphatic hydroxyl groups is 1. The zero-order valence-corrected chi connectivity index (χ0v) is 11.1. The van der Waals surface area contributed by atoms with E-state index in [4.69, 9.17) is 9.47 Å². The molecule has 2 rings (SSSR count). The third-order valence-corrected chi connectivity index (χ3v) is 3.15. The number of methoxy groups -OCH3 is 1. The molecule has 1 aliphatic rings. The van der Waals surface area contributed by atoms with Crippen LogP contribution in [0.15, 0.2) is 24.3 Å². The number of rotatable bonds is 7. The van der Waals surface area contributed by atoms with Crippen molar-refractivity contribution in [1.29, 1.82) is 0 Å². The normalized spacial score (nSPS) is 18.4. The van der Waals surface area contributed by atoms with E-state index >= 15 is 0 Å². The lowest BCUT2D eigenvalue weighted by Crippen LogP contribution is -2.09. The van der Waals surface area contributed by atoms with Gasteiger partial charge in [-0.2, -0.15) is 0 Å². The fourth-order valence-corrected chi connectivity index (χ4v) is 2.04. The van der Waals surface area contributed by atoms with E-state index in [0.717, 1.165) is 24.2 Å². The lowest BCUT2D eigenvalue weighted by atomic mass is 9.99. The summed E-state index contributed by atoms with van der Waals surface area (Å²) in [7, 11) is 1.69. The molecule has 1 aromatic carbocycles. The van der Waals surface area contributed by atoms with Gasteiger partial charge in [-0.15, -0.1) is 0 Å². The smallest absolute Gasteiger partial charge is 0.120 e. The molecular weight excluding hydrogens is 228 g/mol. The minimum atomic E-state index is -0.446. The first-order chi connectivity index (χ1) is 8.69. The number of hydrogen-bond donors (Lipinski definition) is 1. The minimum absolute atomic E-state index is 0.345. The van der Waals surface area contributed by atoms with Crippen molar-refractivity contribution in [2.24, 2.45) is 5.92 Å². The Bertz CT molecular complexity index is 374. The van der Waals surface area contributed by atoms with Gasteiger partial charge in [0.2, 0.25) is 0 Å². The molecule has 0 spiro atoms. The molecule has 0 heterocycles. The molecule has 2 atom stereocenters. The summed E-state index contributed by atoms with van der Waals surface area (Å²) in [6.45, 7) is 2.76. The highest BCUT2D eigenvalue weighted by Crippen LogP contribution is 2.29. The van der Waals surface area contributed by atoms with Gasteiger partial charge in [-0.3, -0.25) is 0 Å². The molecule has 0 saturated heterocycles. The molecule has 0 amide bonds. The molecule has 0 bridgehead atoms. The summed E-state index contributed by atoms with van der Waals surface area (Å²) in [5, 5.41) is 10.2. The largest absolute Gasteiger partial charge is 0.490 e. The van der Waals surface area contributed by atoms with E-state index in [0.29, 0.717) is 25.0 Å². The van der Waals surface area contributed by atoms with Gasteiger partial charge in [-0.1, -0.05) is 19.1 Å². The first-order valence-corrected chi connectivity index (χ1v) is 6.62. The highest BCUT2D eigenvalue weighted by molar-refractivity contribution is 5.30. The molecular formula is C15H22O3. The van der Waals surface area contributed by atoms with Crippen molar-refractivity contribution >= 4 is 0 Å². The van der Waals surface area contributed by atoms with E-state index in [1.54, 1.807) is 7.11 Å². The second-order valence-electron chi connectivity index (χ2n) is 5.20. The molecule has 18 heavy (non-hydrogen) atoms. The van der Waals surface area contributed by atoms with Crippen molar-refractivity contribution in [2.75, 3.05) is 13.7 Å². The van der Waals surface area contributed by atoms with Crippen LogP contribution in [0, 0.1) is 5.92 Å². The summed E-state index contributed by atoms with van der Waals surface area (Å²) in [4.78, 5) is 0. The first kappa shape index (κ1) is 13.4. The molecule has 3 nitrogen and oxygen atoms in total. The lowest BCUT2D eigenvalue weighted by molar-refractivity contribution is 0.102. The van der Waals surface area contributed by atoms with Crippen LogP contribution < -0.4 is 4.74 Å². The Labute approximate surface area is 109 Å². The van der Waals surface area contributed by atoms with E-state index < -0.39 is 6.10 Å². The Kier molecular flexibility index (Phi) is 4.61. The van der Waals surface area contributed by atoms with Gasteiger partial charge in [0.15, 0.2) is 0 Å². The Balaban J connectivity index is 1.93. The first-order valence-electron chi connectivity index (χ1n) is 6.62. The molecule has 100 valence electrons.